The Labute approximate surface area is 126 Å². The van der Waals surface area contributed by atoms with E-state index in [4.69, 9.17) is 4.74 Å². The van der Waals surface area contributed by atoms with Crippen LogP contribution in [0.25, 0.3) is 6.08 Å². The highest BCUT2D eigenvalue weighted by Crippen LogP contribution is 2.66. The van der Waals surface area contributed by atoms with Gasteiger partial charge in [-0.25, -0.2) is 4.79 Å². The van der Waals surface area contributed by atoms with Gasteiger partial charge in [-0.15, -0.1) is 0 Å². The highest BCUT2D eigenvalue weighted by molar-refractivity contribution is 5.86. The lowest BCUT2D eigenvalue weighted by Crippen LogP contribution is -2.38. The predicted molar refractivity (Wildman–Crippen MR) is 81.4 cm³/mol. The number of ether oxygens (including phenoxy) is 1. The Hall–Kier alpha value is -1.58. The monoisotopic (exact) mass is 288 g/mol. The summed E-state index contributed by atoms with van der Waals surface area (Å²) in [5, 5.41) is 4.07. The van der Waals surface area contributed by atoms with Crippen LogP contribution in [0.2, 0.25) is 0 Å². The SMILES string of the molecule is Cn1nccc1/C=C/C(=O)OC1CC2CCC1(C)C2(C)C. The van der Waals surface area contributed by atoms with Crippen LogP contribution in [-0.2, 0) is 16.6 Å². The zero-order valence-electron chi connectivity index (χ0n) is 13.3. The Bertz CT molecular complexity index is 587. The number of hydrogen-bond donors (Lipinski definition) is 0. The molecule has 2 bridgehead atoms. The first-order valence-electron chi connectivity index (χ1n) is 7.71. The summed E-state index contributed by atoms with van der Waals surface area (Å²) in [4.78, 5) is 12.1. The molecule has 21 heavy (non-hydrogen) atoms. The zero-order valence-corrected chi connectivity index (χ0v) is 13.3. The van der Waals surface area contributed by atoms with Crippen LogP contribution in [-0.4, -0.2) is 21.9 Å². The van der Waals surface area contributed by atoms with Gasteiger partial charge in [-0.05, 0) is 42.7 Å². The van der Waals surface area contributed by atoms with Gasteiger partial charge >= 0.3 is 5.97 Å². The van der Waals surface area contributed by atoms with Crippen molar-refractivity contribution in [3.63, 3.8) is 0 Å². The fourth-order valence-electron chi connectivity index (χ4n) is 4.19. The van der Waals surface area contributed by atoms with E-state index in [-0.39, 0.29) is 22.9 Å². The topological polar surface area (TPSA) is 44.1 Å². The molecular weight excluding hydrogens is 264 g/mol. The molecule has 0 aliphatic heterocycles. The van der Waals surface area contributed by atoms with Crippen LogP contribution >= 0.6 is 0 Å². The first kappa shape index (κ1) is 14.4. The van der Waals surface area contributed by atoms with E-state index in [1.165, 1.54) is 12.5 Å². The second-order valence-corrected chi connectivity index (χ2v) is 7.25. The van der Waals surface area contributed by atoms with Gasteiger partial charge in [0.15, 0.2) is 0 Å². The smallest absolute Gasteiger partial charge is 0.331 e. The summed E-state index contributed by atoms with van der Waals surface area (Å²) >= 11 is 0. The molecule has 0 saturated heterocycles. The molecule has 1 heterocycles. The third-order valence-corrected chi connectivity index (χ3v) is 6.22. The molecule has 4 heteroatoms. The van der Waals surface area contributed by atoms with E-state index in [2.05, 4.69) is 25.9 Å². The summed E-state index contributed by atoms with van der Waals surface area (Å²) in [6, 6.07) is 1.87. The molecule has 3 rings (SSSR count). The fourth-order valence-corrected chi connectivity index (χ4v) is 4.19. The molecule has 4 nitrogen and oxygen atoms in total. The molecule has 1 aromatic heterocycles. The van der Waals surface area contributed by atoms with Crippen molar-refractivity contribution in [3.8, 4) is 0 Å². The average Bonchev–Trinajstić information content (AvgIpc) is 2.98. The minimum atomic E-state index is -0.245. The van der Waals surface area contributed by atoms with Crippen LogP contribution in [0.3, 0.4) is 0 Å². The Morgan fingerprint density at radius 2 is 2.24 bits per heavy atom. The molecule has 2 aliphatic rings. The number of hydrogen-bond acceptors (Lipinski definition) is 3. The van der Waals surface area contributed by atoms with Gasteiger partial charge < -0.3 is 4.74 Å². The van der Waals surface area contributed by atoms with Crippen LogP contribution in [0.5, 0.6) is 0 Å². The van der Waals surface area contributed by atoms with Gasteiger partial charge in [0, 0.05) is 24.7 Å². The van der Waals surface area contributed by atoms with Gasteiger partial charge in [0.2, 0.25) is 0 Å². The molecule has 0 amide bonds. The van der Waals surface area contributed by atoms with E-state index in [9.17, 15) is 4.79 Å². The molecule has 3 unspecified atom stereocenters. The summed E-state index contributed by atoms with van der Waals surface area (Å²) in [5.74, 6) is 0.437. The first-order valence-corrected chi connectivity index (χ1v) is 7.71. The average molecular weight is 288 g/mol. The molecule has 0 N–H and O–H groups in total. The van der Waals surface area contributed by atoms with E-state index in [1.807, 2.05) is 13.1 Å². The molecule has 2 aliphatic carbocycles. The minimum Gasteiger partial charge on any atom is -0.459 e. The fraction of sp³-hybridized carbons (Fsp3) is 0.647. The normalized spacial score (nSPS) is 33.7. The molecule has 3 atom stereocenters. The Morgan fingerprint density at radius 3 is 2.76 bits per heavy atom. The van der Waals surface area contributed by atoms with Crippen molar-refractivity contribution in [1.29, 1.82) is 0 Å². The lowest BCUT2D eigenvalue weighted by atomic mass is 9.70. The van der Waals surface area contributed by atoms with E-state index < -0.39 is 0 Å². The molecule has 2 fully saturated rings. The lowest BCUT2D eigenvalue weighted by Gasteiger charge is -2.38. The summed E-state index contributed by atoms with van der Waals surface area (Å²) in [6.45, 7) is 6.93. The number of carbonyl (C=O) groups excluding carboxylic acids is 1. The number of esters is 1. The summed E-state index contributed by atoms with van der Waals surface area (Å²) in [5.41, 5.74) is 1.28. The van der Waals surface area contributed by atoms with Gasteiger partial charge in [-0.1, -0.05) is 20.8 Å². The van der Waals surface area contributed by atoms with Gasteiger partial charge in [-0.2, -0.15) is 5.10 Å². The lowest BCUT2D eigenvalue weighted by molar-refractivity contribution is -0.150. The van der Waals surface area contributed by atoms with Crippen LogP contribution in [0.15, 0.2) is 18.3 Å². The van der Waals surface area contributed by atoms with E-state index >= 15 is 0 Å². The van der Waals surface area contributed by atoms with Gasteiger partial charge in [0.1, 0.15) is 6.10 Å². The molecule has 1 aromatic rings. The van der Waals surface area contributed by atoms with Crippen LogP contribution in [0.4, 0.5) is 0 Å². The van der Waals surface area contributed by atoms with Gasteiger partial charge in [0.25, 0.3) is 0 Å². The molecule has 114 valence electrons. The van der Waals surface area contributed by atoms with Crippen molar-refractivity contribution in [3.05, 3.63) is 24.0 Å². The maximum absolute atomic E-state index is 12.1. The number of fused-ring (bicyclic) bond motifs is 2. The predicted octanol–water partition coefficient (Wildman–Crippen LogP) is 3.19. The number of nitrogens with zero attached hydrogens (tertiary/aromatic N) is 2. The van der Waals surface area contributed by atoms with E-state index in [0.29, 0.717) is 5.92 Å². The zero-order chi connectivity index (χ0) is 15.3. The number of aromatic nitrogens is 2. The molecule has 0 spiro atoms. The summed E-state index contributed by atoms with van der Waals surface area (Å²) < 4.78 is 7.49. The van der Waals surface area contributed by atoms with Crippen molar-refractivity contribution < 1.29 is 9.53 Å². The second-order valence-electron chi connectivity index (χ2n) is 7.25. The van der Waals surface area contributed by atoms with Crippen LogP contribution in [0.1, 0.15) is 45.7 Å². The Balaban J connectivity index is 1.67. The maximum Gasteiger partial charge on any atom is 0.331 e. The quantitative estimate of drug-likeness (QED) is 0.634. The minimum absolute atomic E-state index is 0.0509. The van der Waals surface area contributed by atoms with Crippen molar-refractivity contribution >= 4 is 12.0 Å². The van der Waals surface area contributed by atoms with Crippen molar-refractivity contribution in [2.75, 3.05) is 0 Å². The Morgan fingerprint density at radius 1 is 1.48 bits per heavy atom. The van der Waals surface area contributed by atoms with E-state index in [0.717, 1.165) is 18.5 Å². The van der Waals surface area contributed by atoms with Gasteiger partial charge in [0.05, 0.1) is 5.69 Å². The van der Waals surface area contributed by atoms with Crippen LogP contribution < -0.4 is 0 Å². The van der Waals surface area contributed by atoms with Gasteiger partial charge in [-0.3, -0.25) is 4.68 Å². The number of rotatable bonds is 3. The van der Waals surface area contributed by atoms with Crippen molar-refractivity contribution in [2.45, 2.75) is 46.1 Å². The van der Waals surface area contributed by atoms with Crippen LogP contribution in [0, 0.1) is 16.7 Å². The Kier molecular flexibility index (Phi) is 3.23. The highest BCUT2D eigenvalue weighted by atomic mass is 16.5. The highest BCUT2D eigenvalue weighted by Gasteiger charge is 2.62. The summed E-state index contributed by atoms with van der Waals surface area (Å²) in [6.07, 6.45) is 8.47. The van der Waals surface area contributed by atoms with Crippen molar-refractivity contribution in [2.24, 2.45) is 23.8 Å². The van der Waals surface area contributed by atoms with E-state index in [1.54, 1.807) is 17.0 Å². The largest absolute Gasteiger partial charge is 0.459 e. The first-order chi connectivity index (χ1) is 9.84. The van der Waals surface area contributed by atoms with Crippen molar-refractivity contribution in [1.82, 2.24) is 9.78 Å². The molecule has 2 saturated carbocycles. The third kappa shape index (κ3) is 2.12. The molecule has 0 aromatic carbocycles. The standard InChI is InChI=1S/C17H24N2O2/c1-16(2)12-7-9-17(16,3)14(11-12)21-15(20)6-5-13-8-10-18-19(13)4/h5-6,8,10,12,14H,7,9,11H2,1-4H3/b6-5+. The number of aryl methyl sites for hydroxylation is 1. The third-order valence-electron chi connectivity index (χ3n) is 6.22. The molecule has 0 radical (unpaired) electrons. The second kappa shape index (κ2) is 4.72. The molecular formula is C17H24N2O2. The summed E-state index contributed by atoms with van der Waals surface area (Å²) in [7, 11) is 1.85. The maximum atomic E-state index is 12.1. The number of carbonyl (C=O) groups is 1.